The summed E-state index contributed by atoms with van der Waals surface area (Å²) in [5.41, 5.74) is 5.73. The van der Waals surface area contributed by atoms with Crippen molar-refractivity contribution in [2.24, 2.45) is 5.73 Å². The minimum absolute atomic E-state index is 0.162. The summed E-state index contributed by atoms with van der Waals surface area (Å²) >= 11 is 1.41. The molecule has 6 heteroatoms. The molecule has 0 aliphatic rings. The highest BCUT2D eigenvalue weighted by atomic mass is 32.2. The van der Waals surface area contributed by atoms with Gasteiger partial charge in [-0.2, -0.15) is 4.98 Å². The molecule has 0 saturated carbocycles. The largest absolute Gasteiger partial charge is 0.467 e. The molecule has 0 atom stereocenters. The summed E-state index contributed by atoms with van der Waals surface area (Å²) in [6.45, 7) is 1.67. The van der Waals surface area contributed by atoms with Gasteiger partial charge < -0.3 is 10.5 Å². The maximum Gasteiger partial charge on any atom is 0.255 e. The number of ether oxygens (including phenoxy) is 1. The van der Waals surface area contributed by atoms with Crippen LogP contribution >= 0.6 is 11.8 Å². The van der Waals surface area contributed by atoms with Gasteiger partial charge in [0.15, 0.2) is 11.8 Å². The van der Waals surface area contributed by atoms with Crippen LogP contribution in [0.4, 0.5) is 0 Å². The van der Waals surface area contributed by atoms with Gasteiger partial charge in [0.1, 0.15) is 0 Å². The number of aryl methyl sites for hydroxylation is 1. The number of carbonyl (C=O) groups excluding carboxylic acids is 1. The van der Waals surface area contributed by atoms with Crippen LogP contribution in [0.5, 0.6) is 5.88 Å². The topological polar surface area (TPSA) is 78.1 Å². The maximum atomic E-state index is 10.5. The van der Waals surface area contributed by atoms with E-state index in [-0.39, 0.29) is 6.61 Å². The molecule has 1 aromatic heterocycles. The molecular weight excluding hydrogens is 202 g/mol. The number of carbonyl (C=O) groups is 1. The van der Waals surface area contributed by atoms with Crippen molar-refractivity contribution in [3.05, 3.63) is 11.8 Å². The van der Waals surface area contributed by atoms with E-state index in [0.717, 1.165) is 5.69 Å². The quantitative estimate of drug-likeness (QED) is 0.577. The van der Waals surface area contributed by atoms with E-state index < -0.39 is 5.91 Å². The average Bonchev–Trinajstić information content (AvgIpc) is 2.14. The molecule has 14 heavy (non-hydrogen) atoms. The maximum absolute atomic E-state index is 10.5. The smallest absolute Gasteiger partial charge is 0.255 e. The summed E-state index contributed by atoms with van der Waals surface area (Å²) in [6.07, 6.45) is 1.87. The summed E-state index contributed by atoms with van der Waals surface area (Å²) in [6, 6.07) is 1.66. The van der Waals surface area contributed by atoms with E-state index in [1.54, 1.807) is 6.07 Å². The Morgan fingerprint density at radius 2 is 2.36 bits per heavy atom. The lowest BCUT2D eigenvalue weighted by atomic mass is 10.4. The molecule has 0 bridgehead atoms. The second-order valence-electron chi connectivity index (χ2n) is 2.59. The molecule has 2 N–H and O–H groups in total. The minimum atomic E-state index is -0.521. The Morgan fingerprint density at radius 1 is 1.64 bits per heavy atom. The van der Waals surface area contributed by atoms with Gasteiger partial charge in [0.2, 0.25) is 5.88 Å². The second kappa shape index (κ2) is 4.80. The molecular formula is C8H11N3O2S. The van der Waals surface area contributed by atoms with Gasteiger partial charge in [0.25, 0.3) is 5.91 Å². The van der Waals surface area contributed by atoms with Gasteiger partial charge in [-0.3, -0.25) is 4.79 Å². The summed E-state index contributed by atoms with van der Waals surface area (Å²) in [5.74, 6) is -0.146. The molecule has 0 saturated heterocycles. The van der Waals surface area contributed by atoms with E-state index in [4.69, 9.17) is 10.5 Å². The van der Waals surface area contributed by atoms with Gasteiger partial charge in [-0.05, 0) is 13.2 Å². The average molecular weight is 213 g/mol. The van der Waals surface area contributed by atoms with Crippen LogP contribution in [0.15, 0.2) is 11.2 Å². The van der Waals surface area contributed by atoms with Crippen LogP contribution < -0.4 is 10.5 Å². The van der Waals surface area contributed by atoms with Crippen molar-refractivity contribution in [3.63, 3.8) is 0 Å². The molecule has 1 heterocycles. The zero-order chi connectivity index (χ0) is 10.6. The van der Waals surface area contributed by atoms with Crippen molar-refractivity contribution in [2.75, 3.05) is 12.9 Å². The third kappa shape index (κ3) is 3.21. The van der Waals surface area contributed by atoms with Gasteiger partial charge in [0, 0.05) is 11.8 Å². The Balaban J connectivity index is 2.76. The van der Waals surface area contributed by atoms with Crippen molar-refractivity contribution < 1.29 is 9.53 Å². The number of rotatable bonds is 4. The van der Waals surface area contributed by atoms with Gasteiger partial charge in [-0.15, -0.1) is 0 Å². The predicted molar refractivity (Wildman–Crippen MR) is 53.2 cm³/mol. The fraction of sp³-hybridized carbons (Fsp3) is 0.375. The molecule has 5 nitrogen and oxygen atoms in total. The Hall–Kier alpha value is -1.30. The van der Waals surface area contributed by atoms with Gasteiger partial charge in [-0.1, -0.05) is 11.8 Å². The highest BCUT2D eigenvalue weighted by molar-refractivity contribution is 7.98. The van der Waals surface area contributed by atoms with Crippen molar-refractivity contribution in [1.29, 1.82) is 0 Å². The molecule has 1 amide bonds. The predicted octanol–water partition coefficient (Wildman–Crippen LogP) is 0.371. The standard InChI is InChI=1S/C8H11N3O2S/c1-5-3-7(13-4-6(9)12)11-8(10-5)14-2/h3H,4H2,1-2H3,(H2,9,12). The molecule has 0 unspecified atom stereocenters. The first-order valence-corrected chi connectivity index (χ1v) is 5.15. The van der Waals surface area contributed by atoms with E-state index in [9.17, 15) is 4.79 Å². The number of nitrogens with zero attached hydrogens (tertiary/aromatic N) is 2. The van der Waals surface area contributed by atoms with E-state index in [2.05, 4.69) is 9.97 Å². The summed E-state index contributed by atoms with van der Waals surface area (Å²) in [5, 5.41) is 0.615. The molecule has 0 spiro atoms. The molecule has 0 fully saturated rings. The van der Waals surface area contributed by atoms with Crippen molar-refractivity contribution in [3.8, 4) is 5.88 Å². The number of hydrogen-bond donors (Lipinski definition) is 1. The van der Waals surface area contributed by atoms with E-state index in [1.165, 1.54) is 11.8 Å². The summed E-state index contributed by atoms with van der Waals surface area (Å²) in [4.78, 5) is 18.6. The Kier molecular flexibility index (Phi) is 3.70. The SMILES string of the molecule is CSc1nc(C)cc(OCC(N)=O)n1. The first kappa shape index (κ1) is 10.8. The van der Waals surface area contributed by atoms with Gasteiger partial charge in [0.05, 0.1) is 0 Å². The van der Waals surface area contributed by atoms with Crippen molar-refractivity contribution in [2.45, 2.75) is 12.1 Å². The molecule has 1 aromatic rings. The van der Waals surface area contributed by atoms with E-state index in [0.29, 0.717) is 11.0 Å². The molecule has 76 valence electrons. The fourth-order valence-corrected chi connectivity index (χ4v) is 1.24. The third-order valence-electron chi connectivity index (χ3n) is 1.36. The van der Waals surface area contributed by atoms with Gasteiger partial charge >= 0.3 is 0 Å². The molecule has 0 aromatic carbocycles. The first-order valence-electron chi connectivity index (χ1n) is 3.92. The van der Waals surface area contributed by atoms with E-state index >= 15 is 0 Å². The highest BCUT2D eigenvalue weighted by Crippen LogP contribution is 2.14. The number of primary amides is 1. The zero-order valence-electron chi connectivity index (χ0n) is 7.98. The fourth-order valence-electron chi connectivity index (χ4n) is 0.824. The lowest BCUT2D eigenvalue weighted by molar-refractivity contribution is -0.120. The first-order chi connectivity index (χ1) is 6.61. The molecule has 0 aliphatic carbocycles. The van der Waals surface area contributed by atoms with E-state index in [1.807, 2.05) is 13.2 Å². The summed E-state index contributed by atoms with van der Waals surface area (Å²) in [7, 11) is 0. The number of aromatic nitrogens is 2. The Morgan fingerprint density at radius 3 is 2.93 bits per heavy atom. The second-order valence-corrected chi connectivity index (χ2v) is 3.36. The molecule has 0 radical (unpaired) electrons. The lowest BCUT2D eigenvalue weighted by Crippen LogP contribution is -2.20. The Labute approximate surface area is 86.1 Å². The number of amides is 1. The van der Waals surface area contributed by atoms with Crippen molar-refractivity contribution in [1.82, 2.24) is 9.97 Å². The Bertz CT molecular complexity index is 343. The van der Waals surface area contributed by atoms with Crippen molar-refractivity contribution >= 4 is 17.7 Å². The van der Waals surface area contributed by atoms with Crippen LogP contribution in [-0.2, 0) is 4.79 Å². The monoisotopic (exact) mass is 213 g/mol. The van der Waals surface area contributed by atoms with Crippen LogP contribution in [0.25, 0.3) is 0 Å². The summed E-state index contributed by atoms with van der Waals surface area (Å²) < 4.78 is 5.05. The zero-order valence-corrected chi connectivity index (χ0v) is 8.80. The van der Waals surface area contributed by atoms with Crippen LogP contribution in [0.3, 0.4) is 0 Å². The van der Waals surface area contributed by atoms with Crippen LogP contribution in [0.1, 0.15) is 5.69 Å². The number of hydrogen-bond acceptors (Lipinski definition) is 5. The number of thioether (sulfide) groups is 1. The number of nitrogens with two attached hydrogens (primary N) is 1. The highest BCUT2D eigenvalue weighted by Gasteiger charge is 2.03. The minimum Gasteiger partial charge on any atom is -0.467 e. The van der Waals surface area contributed by atoms with Crippen LogP contribution in [0, 0.1) is 6.92 Å². The molecule has 0 aliphatic heterocycles. The third-order valence-corrected chi connectivity index (χ3v) is 1.90. The normalized spacial score (nSPS) is 9.86. The molecule has 1 rings (SSSR count). The van der Waals surface area contributed by atoms with Crippen LogP contribution in [-0.4, -0.2) is 28.7 Å². The lowest BCUT2D eigenvalue weighted by Gasteiger charge is -2.04. The van der Waals surface area contributed by atoms with Gasteiger partial charge in [-0.25, -0.2) is 4.98 Å². The van der Waals surface area contributed by atoms with Crippen LogP contribution in [0.2, 0.25) is 0 Å².